The number of nitrogens with zero attached hydrogens (tertiary/aromatic N) is 2. The topological polar surface area (TPSA) is 85.2 Å². The van der Waals surface area contributed by atoms with Gasteiger partial charge in [-0.05, 0) is 44.1 Å². The second-order valence-corrected chi connectivity index (χ2v) is 5.37. The van der Waals surface area contributed by atoms with Crippen LogP contribution >= 0.6 is 0 Å². The minimum absolute atomic E-state index is 0.327. The van der Waals surface area contributed by atoms with Crippen LogP contribution < -0.4 is 5.73 Å². The molecule has 5 nitrogen and oxygen atoms in total. The monoisotopic (exact) mass is 237 g/mol. The molecule has 2 aliphatic carbocycles. The Morgan fingerprint density at radius 2 is 2.29 bits per heavy atom. The molecular weight excluding hydrogens is 218 g/mol. The normalized spacial score (nSPS) is 33.2. The summed E-state index contributed by atoms with van der Waals surface area (Å²) in [7, 11) is 0. The lowest BCUT2D eigenvalue weighted by Crippen LogP contribution is -2.11. The van der Waals surface area contributed by atoms with Gasteiger partial charge in [-0.2, -0.15) is 4.98 Å². The Morgan fingerprint density at radius 3 is 2.94 bits per heavy atom. The molecule has 0 saturated heterocycles. The Labute approximate surface area is 100 Å². The van der Waals surface area contributed by atoms with Crippen molar-refractivity contribution in [2.24, 2.45) is 17.6 Å². The van der Waals surface area contributed by atoms with E-state index in [-0.39, 0.29) is 0 Å². The van der Waals surface area contributed by atoms with Crippen LogP contribution in [0, 0.1) is 11.8 Å². The van der Waals surface area contributed by atoms with E-state index in [0.29, 0.717) is 24.8 Å². The van der Waals surface area contributed by atoms with Crippen molar-refractivity contribution in [1.29, 1.82) is 0 Å². The number of aromatic nitrogens is 2. The molecular formula is C12H19N3O2. The van der Waals surface area contributed by atoms with Gasteiger partial charge in [-0.25, -0.2) is 0 Å². The van der Waals surface area contributed by atoms with Crippen LogP contribution in [-0.2, 0) is 0 Å². The molecule has 2 bridgehead atoms. The van der Waals surface area contributed by atoms with Crippen molar-refractivity contribution < 1.29 is 9.63 Å². The summed E-state index contributed by atoms with van der Waals surface area (Å²) < 4.78 is 5.13. The highest BCUT2D eigenvalue weighted by molar-refractivity contribution is 5.06. The second-order valence-electron chi connectivity index (χ2n) is 5.37. The third-order valence-electron chi connectivity index (χ3n) is 4.25. The van der Waals surface area contributed by atoms with Crippen LogP contribution in [0.15, 0.2) is 4.52 Å². The van der Waals surface area contributed by atoms with Gasteiger partial charge >= 0.3 is 0 Å². The molecule has 0 amide bonds. The van der Waals surface area contributed by atoms with Crippen molar-refractivity contribution in [3.63, 3.8) is 0 Å². The van der Waals surface area contributed by atoms with E-state index in [9.17, 15) is 5.11 Å². The number of nitrogens with two attached hydrogens (primary N) is 1. The molecule has 1 heterocycles. The summed E-state index contributed by atoms with van der Waals surface area (Å²) in [6, 6.07) is 0. The predicted molar refractivity (Wildman–Crippen MR) is 61.1 cm³/mol. The fourth-order valence-corrected chi connectivity index (χ4v) is 3.38. The average molecular weight is 237 g/mol. The molecule has 5 heteroatoms. The van der Waals surface area contributed by atoms with Crippen molar-refractivity contribution in [2.75, 3.05) is 6.54 Å². The first-order valence-corrected chi connectivity index (χ1v) is 6.49. The van der Waals surface area contributed by atoms with E-state index in [0.717, 1.165) is 17.7 Å². The zero-order valence-electron chi connectivity index (χ0n) is 9.88. The van der Waals surface area contributed by atoms with E-state index in [2.05, 4.69) is 10.1 Å². The maximum Gasteiger partial charge on any atom is 0.255 e. The minimum Gasteiger partial charge on any atom is -0.383 e. The fraction of sp³-hybridized carbons (Fsp3) is 0.833. The Bertz CT molecular complexity index is 393. The summed E-state index contributed by atoms with van der Waals surface area (Å²) in [4.78, 5) is 4.35. The Kier molecular flexibility index (Phi) is 2.88. The molecule has 0 spiro atoms. The van der Waals surface area contributed by atoms with Crippen molar-refractivity contribution in [3.05, 3.63) is 11.7 Å². The average Bonchev–Trinajstić information content (AvgIpc) is 3.05. The molecule has 2 saturated carbocycles. The van der Waals surface area contributed by atoms with Crippen molar-refractivity contribution in [3.8, 4) is 0 Å². The van der Waals surface area contributed by atoms with Gasteiger partial charge in [0.2, 0.25) is 0 Å². The third kappa shape index (κ3) is 1.98. The number of rotatable bonds is 4. The Balaban J connectivity index is 1.72. The highest BCUT2D eigenvalue weighted by Gasteiger charge is 2.42. The molecule has 0 aliphatic heterocycles. The lowest BCUT2D eigenvalue weighted by molar-refractivity contribution is 0.127. The third-order valence-corrected chi connectivity index (χ3v) is 4.25. The molecule has 3 N–H and O–H groups in total. The molecule has 2 fully saturated rings. The van der Waals surface area contributed by atoms with Crippen LogP contribution in [-0.4, -0.2) is 21.8 Å². The summed E-state index contributed by atoms with van der Waals surface area (Å²) in [6.45, 7) is 0.424. The van der Waals surface area contributed by atoms with Crippen molar-refractivity contribution in [2.45, 2.75) is 44.1 Å². The molecule has 1 aromatic heterocycles. The highest BCUT2D eigenvalue weighted by Crippen LogP contribution is 2.52. The molecule has 0 aromatic carbocycles. The van der Waals surface area contributed by atoms with E-state index in [4.69, 9.17) is 10.3 Å². The Hall–Kier alpha value is -0.940. The van der Waals surface area contributed by atoms with Gasteiger partial charge in [-0.15, -0.1) is 0 Å². The van der Waals surface area contributed by atoms with Gasteiger partial charge in [0, 0.05) is 5.92 Å². The Morgan fingerprint density at radius 1 is 1.41 bits per heavy atom. The van der Waals surface area contributed by atoms with E-state index in [1.54, 1.807) is 0 Å². The molecule has 1 aromatic rings. The molecule has 4 atom stereocenters. The fourth-order valence-electron chi connectivity index (χ4n) is 3.38. The number of hydrogen-bond acceptors (Lipinski definition) is 5. The van der Waals surface area contributed by atoms with Gasteiger partial charge in [0.15, 0.2) is 5.82 Å². The van der Waals surface area contributed by atoms with Crippen LogP contribution in [0.5, 0.6) is 0 Å². The molecule has 17 heavy (non-hydrogen) atoms. The first-order chi connectivity index (χ1) is 8.28. The first-order valence-electron chi connectivity index (χ1n) is 6.49. The SMILES string of the molecule is NCCC(O)c1nc(C2CC3CCC2C3)no1. The highest BCUT2D eigenvalue weighted by atomic mass is 16.5. The number of aliphatic hydroxyl groups is 1. The van der Waals surface area contributed by atoms with Gasteiger partial charge in [0.05, 0.1) is 0 Å². The van der Waals surface area contributed by atoms with E-state index < -0.39 is 6.10 Å². The molecule has 2 aliphatic rings. The smallest absolute Gasteiger partial charge is 0.255 e. The van der Waals surface area contributed by atoms with Crippen LogP contribution in [0.1, 0.15) is 55.8 Å². The predicted octanol–water partition coefficient (Wildman–Crippen LogP) is 1.36. The largest absolute Gasteiger partial charge is 0.383 e. The van der Waals surface area contributed by atoms with Crippen molar-refractivity contribution >= 4 is 0 Å². The summed E-state index contributed by atoms with van der Waals surface area (Å²) in [6.07, 6.45) is 4.93. The van der Waals surface area contributed by atoms with E-state index >= 15 is 0 Å². The lowest BCUT2D eigenvalue weighted by atomic mass is 9.88. The maximum atomic E-state index is 9.73. The van der Waals surface area contributed by atoms with Crippen LogP contribution in [0.4, 0.5) is 0 Å². The van der Waals surface area contributed by atoms with Crippen LogP contribution in [0.2, 0.25) is 0 Å². The molecule has 94 valence electrons. The zero-order chi connectivity index (χ0) is 11.8. The quantitative estimate of drug-likeness (QED) is 0.825. The standard InChI is InChI=1S/C12H19N3O2/c13-4-3-10(16)12-14-11(15-17-12)9-6-7-1-2-8(9)5-7/h7-10,16H,1-6,13H2. The summed E-state index contributed by atoms with van der Waals surface area (Å²) in [5.74, 6) is 3.17. The molecule has 4 unspecified atom stereocenters. The maximum absolute atomic E-state index is 9.73. The number of fused-ring (bicyclic) bond motifs is 2. The van der Waals surface area contributed by atoms with Gasteiger partial charge in [-0.1, -0.05) is 11.6 Å². The van der Waals surface area contributed by atoms with E-state index in [1.807, 2.05) is 0 Å². The molecule has 0 radical (unpaired) electrons. The summed E-state index contributed by atoms with van der Waals surface area (Å²) in [5, 5.41) is 13.8. The van der Waals surface area contributed by atoms with Gasteiger partial charge in [0.25, 0.3) is 5.89 Å². The van der Waals surface area contributed by atoms with Gasteiger partial charge in [-0.3, -0.25) is 0 Å². The minimum atomic E-state index is -0.708. The van der Waals surface area contributed by atoms with Gasteiger partial charge < -0.3 is 15.4 Å². The van der Waals surface area contributed by atoms with Crippen molar-refractivity contribution in [1.82, 2.24) is 10.1 Å². The summed E-state index contributed by atoms with van der Waals surface area (Å²) in [5.41, 5.74) is 5.40. The first kappa shape index (κ1) is 11.2. The molecule has 3 rings (SSSR count). The second kappa shape index (κ2) is 4.38. The van der Waals surface area contributed by atoms with Gasteiger partial charge in [0.1, 0.15) is 6.10 Å². The summed E-state index contributed by atoms with van der Waals surface area (Å²) >= 11 is 0. The van der Waals surface area contributed by atoms with Crippen LogP contribution in [0.3, 0.4) is 0 Å². The lowest BCUT2D eigenvalue weighted by Gasteiger charge is -2.17. The zero-order valence-corrected chi connectivity index (χ0v) is 9.88. The number of aliphatic hydroxyl groups excluding tert-OH is 1. The van der Waals surface area contributed by atoms with E-state index in [1.165, 1.54) is 25.7 Å². The number of hydrogen-bond donors (Lipinski definition) is 2. The van der Waals surface area contributed by atoms with Crippen LogP contribution in [0.25, 0.3) is 0 Å².